The zero-order chi connectivity index (χ0) is 68.9. The standard InChI is InChI=1S/C76H76N2O21/c1-46(79)87-43-60-65(95-47(2)80)67(96-48(3)81)62(78-72(84)56-36-22-23-37-57(56)73(78)85)75(98-60)94-44-58-63(88-38-49-24-10-5-11-25-49)66(90-40-51-28-14-7-15-29-51)61(77-70(82)54-34-20-21-35-55(54)71(77)83)74(97-58)93-45-59-64(89-39-50-26-12-6-13-27-50)68(91-41-52-30-16-8-17-31-52)69(76(86-4)99-59)92-42-53-32-18-9-19-33-53/h5-37,58-69,74-76H,38-45H2,1-4H3/t58-,59-,60-,61-,62-,63-,64-,65-,66-,67-,68+,69-,74-,75-,76+/m1/s1. The van der Waals surface area contributed by atoms with E-state index in [1.54, 1.807) is 36.4 Å². The molecule has 12 rings (SSSR count). The molecule has 23 nitrogen and oxygen atoms in total. The number of hydrogen-bond acceptors (Lipinski definition) is 21. The molecule has 5 heterocycles. The lowest BCUT2D eigenvalue weighted by Crippen LogP contribution is -2.69. The summed E-state index contributed by atoms with van der Waals surface area (Å²) in [6, 6.07) is 56.3. The minimum absolute atomic E-state index is 0.00673. The maximum Gasteiger partial charge on any atom is 0.303 e. The highest BCUT2D eigenvalue weighted by Gasteiger charge is 2.60. The molecule has 15 atom stereocenters. The van der Waals surface area contributed by atoms with Gasteiger partial charge in [0, 0.05) is 27.9 Å². The first kappa shape index (κ1) is 69.7. The highest BCUT2D eigenvalue weighted by molar-refractivity contribution is 6.22. The highest BCUT2D eigenvalue weighted by atomic mass is 16.8. The van der Waals surface area contributed by atoms with E-state index in [9.17, 15) is 24.0 Å². The molecule has 0 radical (unpaired) electrons. The van der Waals surface area contributed by atoms with Gasteiger partial charge in [-0.05, 0) is 52.1 Å². The van der Waals surface area contributed by atoms with E-state index in [1.807, 2.05) is 152 Å². The third-order valence-electron chi connectivity index (χ3n) is 17.6. The van der Waals surface area contributed by atoms with Crippen LogP contribution in [-0.2, 0) is 114 Å². The number of esters is 3. The number of hydrogen-bond donors (Lipinski definition) is 0. The summed E-state index contributed by atoms with van der Waals surface area (Å²) in [4.78, 5) is 101. The zero-order valence-corrected chi connectivity index (χ0v) is 54.8. The van der Waals surface area contributed by atoms with Crippen molar-refractivity contribution in [2.45, 2.75) is 146 Å². The van der Waals surface area contributed by atoms with Crippen molar-refractivity contribution in [2.24, 2.45) is 0 Å². The van der Waals surface area contributed by atoms with Crippen LogP contribution in [0.4, 0.5) is 0 Å². The summed E-state index contributed by atoms with van der Waals surface area (Å²) in [5.74, 6) is -5.57. The van der Waals surface area contributed by atoms with Crippen LogP contribution in [0.15, 0.2) is 200 Å². The van der Waals surface area contributed by atoms with Gasteiger partial charge in [-0.1, -0.05) is 176 Å². The molecule has 0 bridgehead atoms. The lowest BCUT2D eigenvalue weighted by atomic mass is 9.93. The van der Waals surface area contributed by atoms with Gasteiger partial charge >= 0.3 is 17.9 Å². The summed E-state index contributed by atoms with van der Waals surface area (Å²) in [6.07, 6.45) is -17.6. The van der Waals surface area contributed by atoms with E-state index in [1.165, 1.54) is 19.2 Å². The Morgan fingerprint density at radius 1 is 0.323 bits per heavy atom. The van der Waals surface area contributed by atoms with Gasteiger partial charge in [-0.2, -0.15) is 0 Å². The molecule has 5 aliphatic rings. The Balaban J connectivity index is 0.969. The topological polar surface area (TPSA) is 255 Å². The third-order valence-corrected chi connectivity index (χ3v) is 17.6. The smallest absolute Gasteiger partial charge is 0.303 e. The van der Waals surface area contributed by atoms with Crippen molar-refractivity contribution in [1.82, 2.24) is 9.80 Å². The van der Waals surface area contributed by atoms with Gasteiger partial charge in [0.15, 0.2) is 31.1 Å². The fraction of sp³-hybridized carbons (Fsp3) is 0.355. The summed E-state index contributed by atoms with van der Waals surface area (Å²) < 4.78 is 93.1. The first-order valence-corrected chi connectivity index (χ1v) is 32.6. The van der Waals surface area contributed by atoms with Crippen LogP contribution < -0.4 is 0 Å². The number of ether oxygens (including phenoxy) is 14. The summed E-state index contributed by atoms with van der Waals surface area (Å²) in [5.41, 5.74) is 4.17. The molecule has 0 aromatic heterocycles. The van der Waals surface area contributed by atoms with Crippen LogP contribution in [0.2, 0.25) is 0 Å². The molecule has 516 valence electrons. The number of nitrogens with zero attached hydrogens (tertiary/aromatic N) is 2. The molecule has 5 aliphatic heterocycles. The Morgan fingerprint density at radius 3 is 0.970 bits per heavy atom. The normalized spacial score (nSPS) is 26.6. The largest absolute Gasteiger partial charge is 0.463 e. The Labute approximate surface area is 571 Å². The second kappa shape index (κ2) is 32.6. The Morgan fingerprint density at radius 2 is 0.616 bits per heavy atom. The molecule has 7 aromatic rings. The van der Waals surface area contributed by atoms with Crippen LogP contribution in [0.5, 0.6) is 0 Å². The molecule has 0 aliphatic carbocycles. The molecular weight excluding hydrogens is 1280 g/mol. The average molecular weight is 1350 g/mol. The van der Waals surface area contributed by atoms with Crippen LogP contribution in [0.25, 0.3) is 0 Å². The number of carbonyl (C=O) groups is 7. The van der Waals surface area contributed by atoms with E-state index in [0.29, 0.717) is 11.1 Å². The predicted octanol–water partition coefficient (Wildman–Crippen LogP) is 8.52. The van der Waals surface area contributed by atoms with E-state index in [4.69, 9.17) is 66.3 Å². The average Bonchev–Trinajstić information content (AvgIpc) is 1.68. The Kier molecular flexibility index (Phi) is 23.0. The molecule has 0 saturated carbocycles. The number of methoxy groups -OCH3 is 1. The van der Waals surface area contributed by atoms with Gasteiger partial charge in [0.1, 0.15) is 67.5 Å². The van der Waals surface area contributed by atoms with Crippen molar-refractivity contribution >= 4 is 41.5 Å². The zero-order valence-electron chi connectivity index (χ0n) is 54.8. The number of rotatable bonds is 28. The van der Waals surface area contributed by atoms with Gasteiger partial charge in [-0.3, -0.25) is 43.4 Å². The number of carbonyl (C=O) groups excluding carboxylic acids is 7. The summed E-state index contributed by atoms with van der Waals surface area (Å²) >= 11 is 0. The summed E-state index contributed by atoms with van der Waals surface area (Å²) in [7, 11) is 1.48. The van der Waals surface area contributed by atoms with Crippen molar-refractivity contribution in [3.63, 3.8) is 0 Å². The Bertz CT molecular complexity index is 3840. The number of fused-ring (bicyclic) bond motifs is 2. The van der Waals surface area contributed by atoms with Gasteiger partial charge in [-0.25, -0.2) is 0 Å². The van der Waals surface area contributed by atoms with Gasteiger partial charge in [0.05, 0.1) is 68.5 Å². The van der Waals surface area contributed by atoms with E-state index in [0.717, 1.165) is 47.3 Å². The minimum Gasteiger partial charge on any atom is -0.463 e. The van der Waals surface area contributed by atoms with Crippen LogP contribution in [0.1, 0.15) is 90.0 Å². The van der Waals surface area contributed by atoms with Crippen LogP contribution in [-0.4, -0.2) is 170 Å². The fourth-order valence-electron chi connectivity index (χ4n) is 13.1. The van der Waals surface area contributed by atoms with Crippen molar-refractivity contribution in [3.8, 4) is 0 Å². The molecule has 23 heteroatoms. The van der Waals surface area contributed by atoms with E-state index >= 15 is 9.59 Å². The molecule has 7 aromatic carbocycles. The molecular formula is C76H76N2O21. The maximum atomic E-state index is 15.3. The molecule has 0 N–H and O–H groups in total. The fourth-order valence-corrected chi connectivity index (χ4v) is 13.1. The lowest BCUT2D eigenvalue weighted by Gasteiger charge is -2.50. The summed E-state index contributed by atoms with van der Waals surface area (Å²) in [5, 5.41) is 0. The minimum atomic E-state index is -1.83. The van der Waals surface area contributed by atoms with Crippen LogP contribution in [0.3, 0.4) is 0 Å². The van der Waals surface area contributed by atoms with Gasteiger partial charge in [0.25, 0.3) is 23.6 Å². The van der Waals surface area contributed by atoms with E-state index in [2.05, 4.69) is 0 Å². The van der Waals surface area contributed by atoms with E-state index < -0.39 is 153 Å². The van der Waals surface area contributed by atoms with E-state index in [-0.39, 0.29) is 55.3 Å². The quantitative estimate of drug-likeness (QED) is 0.0253. The Hall–Kier alpha value is -9.21. The lowest BCUT2D eigenvalue weighted by molar-refractivity contribution is -0.343. The van der Waals surface area contributed by atoms with Crippen LogP contribution in [0, 0.1) is 0 Å². The van der Waals surface area contributed by atoms with Crippen molar-refractivity contribution in [2.75, 3.05) is 26.9 Å². The monoisotopic (exact) mass is 1350 g/mol. The number of amides is 4. The number of benzene rings is 7. The molecule has 3 fully saturated rings. The van der Waals surface area contributed by atoms with Crippen molar-refractivity contribution < 1.29 is 99.9 Å². The van der Waals surface area contributed by atoms with Gasteiger partial charge < -0.3 is 66.3 Å². The predicted molar refractivity (Wildman–Crippen MR) is 349 cm³/mol. The van der Waals surface area contributed by atoms with Crippen LogP contribution >= 0.6 is 0 Å². The first-order chi connectivity index (χ1) is 48.2. The van der Waals surface area contributed by atoms with Crippen molar-refractivity contribution in [1.29, 1.82) is 0 Å². The maximum absolute atomic E-state index is 15.3. The molecule has 0 unspecified atom stereocenters. The molecule has 99 heavy (non-hydrogen) atoms. The SMILES string of the molecule is CO[C@H]1O[C@H](CO[C@@H]2O[C@H](CO[C@@H]3O[C@H](COC(C)=O)[C@@H](OC(C)=O)[C@H](OC(C)=O)[C@H]3N3C(=O)c4ccccc4C3=O)[C@@H](OCc3ccccc3)[C@H](OCc3ccccc3)[C@H]2N2C(=O)c3ccccc3C2=O)[C@@H](OCc2ccccc2)[C@H](OCc2ccccc2)[C@H]1OCc1ccccc1. The second-order valence-corrected chi connectivity index (χ2v) is 24.3. The summed E-state index contributed by atoms with van der Waals surface area (Å²) in [6.45, 7) is 1.78. The third kappa shape index (κ3) is 16.3. The molecule has 4 amide bonds. The first-order valence-electron chi connectivity index (χ1n) is 32.6. The molecule has 0 spiro atoms. The highest BCUT2D eigenvalue weighted by Crippen LogP contribution is 2.41. The van der Waals surface area contributed by atoms with Crippen molar-refractivity contribution in [3.05, 3.63) is 250 Å². The molecule has 3 saturated heterocycles. The van der Waals surface area contributed by atoms with Gasteiger partial charge in [0.2, 0.25) is 0 Å². The second-order valence-electron chi connectivity index (χ2n) is 24.3. The number of imide groups is 2. The van der Waals surface area contributed by atoms with Gasteiger partial charge in [-0.15, -0.1) is 0 Å².